The summed E-state index contributed by atoms with van der Waals surface area (Å²) in [7, 11) is 0. The molecule has 0 radical (unpaired) electrons. The minimum atomic E-state index is 0.748. The van der Waals surface area contributed by atoms with E-state index in [0.717, 1.165) is 22.4 Å². The highest BCUT2D eigenvalue weighted by atomic mass is 14.6. The smallest absolute Gasteiger partial charge is 0.0387 e. The lowest BCUT2D eigenvalue weighted by molar-refractivity contribution is 1.33. The van der Waals surface area contributed by atoms with E-state index in [1.165, 1.54) is 0 Å². The van der Waals surface area contributed by atoms with E-state index in [2.05, 4.69) is 11.6 Å². The molecular weight excluding hydrogens is 184 g/mol. The third-order valence-electron chi connectivity index (χ3n) is 2.30. The van der Waals surface area contributed by atoms with E-state index in [1.807, 2.05) is 36.5 Å². The van der Waals surface area contributed by atoms with Gasteiger partial charge < -0.3 is 5.73 Å². The van der Waals surface area contributed by atoms with Crippen molar-refractivity contribution in [2.24, 2.45) is 0 Å². The molecule has 2 rings (SSSR count). The molecule has 0 spiro atoms. The molecule has 0 amide bonds. The van der Waals surface area contributed by atoms with Crippen molar-refractivity contribution in [3.8, 4) is 11.1 Å². The summed E-state index contributed by atoms with van der Waals surface area (Å²) in [6, 6.07) is 9.82. The van der Waals surface area contributed by atoms with Gasteiger partial charge in [-0.25, -0.2) is 0 Å². The van der Waals surface area contributed by atoms with Gasteiger partial charge in [0.25, 0.3) is 0 Å². The molecule has 0 aliphatic rings. The summed E-state index contributed by atoms with van der Waals surface area (Å²) in [5, 5.41) is 0. The van der Waals surface area contributed by atoms with Crippen LogP contribution < -0.4 is 5.73 Å². The first kappa shape index (κ1) is 9.46. The number of pyridine rings is 1. The fraction of sp³-hybridized carbons (Fsp3) is 0. The first-order valence-corrected chi connectivity index (χ1v) is 4.73. The van der Waals surface area contributed by atoms with Crippen LogP contribution in [0, 0.1) is 0 Å². The van der Waals surface area contributed by atoms with Crippen molar-refractivity contribution in [3.63, 3.8) is 0 Å². The molecule has 0 aliphatic heterocycles. The van der Waals surface area contributed by atoms with Gasteiger partial charge >= 0.3 is 0 Å². The highest BCUT2D eigenvalue weighted by Gasteiger charge is 2.00. The van der Waals surface area contributed by atoms with Crippen molar-refractivity contribution in [2.45, 2.75) is 0 Å². The van der Waals surface area contributed by atoms with Gasteiger partial charge in [-0.05, 0) is 29.3 Å². The Morgan fingerprint density at radius 2 is 2.07 bits per heavy atom. The number of rotatable bonds is 2. The molecule has 0 aliphatic carbocycles. The molecule has 1 heterocycles. The Labute approximate surface area is 89.1 Å². The molecule has 15 heavy (non-hydrogen) atoms. The van der Waals surface area contributed by atoms with E-state index < -0.39 is 0 Å². The van der Waals surface area contributed by atoms with Crippen molar-refractivity contribution in [1.29, 1.82) is 0 Å². The Balaban J connectivity index is 2.51. The van der Waals surface area contributed by atoms with Crippen molar-refractivity contribution in [1.82, 2.24) is 4.98 Å². The molecule has 2 aromatic rings. The highest BCUT2D eigenvalue weighted by Crippen LogP contribution is 2.23. The van der Waals surface area contributed by atoms with Crippen LogP contribution in [0.5, 0.6) is 0 Å². The highest BCUT2D eigenvalue weighted by molar-refractivity contribution is 5.72. The van der Waals surface area contributed by atoms with Gasteiger partial charge in [0.2, 0.25) is 0 Å². The zero-order chi connectivity index (χ0) is 10.7. The van der Waals surface area contributed by atoms with E-state index in [-0.39, 0.29) is 0 Å². The minimum Gasteiger partial charge on any atom is -0.398 e. The number of hydrogen-bond donors (Lipinski definition) is 1. The molecule has 2 nitrogen and oxygen atoms in total. The molecule has 1 aromatic carbocycles. The second-order valence-corrected chi connectivity index (χ2v) is 3.29. The molecule has 0 bridgehead atoms. The van der Waals surface area contributed by atoms with Gasteiger partial charge in [-0.3, -0.25) is 4.98 Å². The van der Waals surface area contributed by atoms with E-state index in [0.29, 0.717) is 0 Å². The third-order valence-corrected chi connectivity index (χ3v) is 2.30. The first-order chi connectivity index (χ1) is 7.31. The second-order valence-electron chi connectivity index (χ2n) is 3.29. The predicted octanol–water partition coefficient (Wildman–Crippen LogP) is 2.97. The Morgan fingerprint density at radius 1 is 1.20 bits per heavy atom. The van der Waals surface area contributed by atoms with Crippen LogP contribution in [0.4, 0.5) is 5.69 Å². The number of nitrogen functional groups attached to an aromatic ring is 1. The summed E-state index contributed by atoms with van der Waals surface area (Å²) in [4.78, 5) is 4.08. The second kappa shape index (κ2) is 3.96. The SMILES string of the molecule is C=Cc1cc(-c2cccnc2)ccc1N. The van der Waals surface area contributed by atoms with Crippen LogP contribution in [0.3, 0.4) is 0 Å². The average Bonchev–Trinajstić information content (AvgIpc) is 2.31. The van der Waals surface area contributed by atoms with E-state index in [9.17, 15) is 0 Å². The van der Waals surface area contributed by atoms with Crippen LogP contribution >= 0.6 is 0 Å². The quantitative estimate of drug-likeness (QED) is 0.750. The minimum absolute atomic E-state index is 0.748. The first-order valence-electron chi connectivity index (χ1n) is 4.73. The summed E-state index contributed by atoms with van der Waals surface area (Å²) in [6.07, 6.45) is 5.35. The molecule has 0 saturated carbocycles. The van der Waals surface area contributed by atoms with Crippen molar-refractivity contribution in [3.05, 3.63) is 54.9 Å². The number of nitrogens with zero attached hydrogens (tertiary/aromatic N) is 1. The van der Waals surface area contributed by atoms with Gasteiger partial charge in [-0.1, -0.05) is 24.8 Å². The lowest BCUT2D eigenvalue weighted by Gasteiger charge is -2.04. The van der Waals surface area contributed by atoms with Crippen LogP contribution in [0.1, 0.15) is 5.56 Å². The molecule has 0 saturated heterocycles. The van der Waals surface area contributed by atoms with Gasteiger partial charge in [0, 0.05) is 23.6 Å². The summed E-state index contributed by atoms with van der Waals surface area (Å²) in [5.74, 6) is 0. The van der Waals surface area contributed by atoms with Gasteiger partial charge in [0.1, 0.15) is 0 Å². The largest absolute Gasteiger partial charge is 0.398 e. The Bertz CT molecular complexity index is 475. The van der Waals surface area contributed by atoms with Crippen LogP contribution in [-0.2, 0) is 0 Å². The van der Waals surface area contributed by atoms with Gasteiger partial charge in [-0.15, -0.1) is 0 Å². The normalized spacial score (nSPS) is 9.87. The maximum absolute atomic E-state index is 5.79. The maximum Gasteiger partial charge on any atom is 0.0387 e. The van der Waals surface area contributed by atoms with Crippen LogP contribution in [-0.4, -0.2) is 4.98 Å². The number of benzene rings is 1. The molecule has 0 unspecified atom stereocenters. The van der Waals surface area contributed by atoms with Crippen molar-refractivity contribution >= 4 is 11.8 Å². The zero-order valence-corrected chi connectivity index (χ0v) is 8.35. The number of anilines is 1. The fourth-order valence-corrected chi connectivity index (χ4v) is 1.46. The maximum atomic E-state index is 5.79. The van der Waals surface area contributed by atoms with Gasteiger partial charge in [0.05, 0.1) is 0 Å². The molecule has 0 fully saturated rings. The van der Waals surface area contributed by atoms with Crippen LogP contribution in [0.2, 0.25) is 0 Å². The molecule has 74 valence electrons. The van der Waals surface area contributed by atoms with E-state index in [1.54, 1.807) is 12.3 Å². The van der Waals surface area contributed by atoms with Crippen LogP contribution in [0.25, 0.3) is 17.2 Å². The van der Waals surface area contributed by atoms with E-state index >= 15 is 0 Å². The number of hydrogen-bond acceptors (Lipinski definition) is 2. The van der Waals surface area contributed by atoms with Crippen molar-refractivity contribution in [2.75, 3.05) is 5.73 Å². The lowest BCUT2D eigenvalue weighted by Crippen LogP contribution is -1.89. The average molecular weight is 196 g/mol. The van der Waals surface area contributed by atoms with E-state index in [4.69, 9.17) is 5.73 Å². The zero-order valence-electron chi connectivity index (χ0n) is 8.35. The topological polar surface area (TPSA) is 38.9 Å². The summed E-state index contributed by atoms with van der Waals surface area (Å²) in [5.41, 5.74) is 9.68. The summed E-state index contributed by atoms with van der Waals surface area (Å²) < 4.78 is 0. The Morgan fingerprint density at radius 3 is 2.73 bits per heavy atom. The Hall–Kier alpha value is -2.09. The molecule has 0 atom stereocenters. The molecule has 1 aromatic heterocycles. The van der Waals surface area contributed by atoms with Crippen LogP contribution in [0.15, 0.2) is 49.3 Å². The molecular formula is C13H12N2. The monoisotopic (exact) mass is 196 g/mol. The lowest BCUT2D eigenvalue weighted by atomic mass is 10.0. The summed E-state index contributed by atoms with van der Waals surface area (Å²) >= 11 is 0. The third kappa shape index (κ3) is 1.89. The van der Waals surface area contributed by atoms with Gasteiger partial charge in [0.15, 0.2) is 0 Å². The predicted molar refractivity (Wildman–Crippen MR) is 64.2 cm³/mol. The number of nitrogens with two attached hydrogens (primary N) is 1. The number of aromatic nitrogens is 1. The Kier molecular flexibility index (Phi) is 2.50. The standard InChI is InChI=1S/C13H12N2/c1-2-10-8-11(5-6-13(10)14)12-4-3-7-15-9-12/h2-9H,1,14H2. The fourth-order valence-electron chi connectivity index (χ4n) is 1.46. The van der Waals surface area contributed by atoms with Crippen molar-refractivity contribution < 1.29 is 0 Å². The summed E-state index contributed by atoms with van der Waals surface area (Å²) in [6.45, 7) is 3.73. The molecule has 2 N–H and O–H groups in total. The molecule has 2 heteroatoms. The van der Waals surface area contributed by atoms with Gasteiger partial charge in [-0.2, -0.15) is 0 Å².